The molecule has 0 radical (unpaired) electrons. The third-order valence-corrected chi connectivity index (χ3v) is 4.35. The maximum Gasteiger partial charge on any atom is 0.0688 e. The Morgan fingerprint density at radius 2 is 2.00 bits per heavy atom. The Bertz CT molecular complexity index is 547. The molecule has 1 fully saturated rings. The Kier molecular flexibility index (Phi) is 3.11. The van der Waals surface area contributed by atoms with Gasteiger partial charge in [-0.25, -0.2) is 0 Å². The van der Waals surface area contributed by atoms with Gasteiger partial charge in [0.15, 0.2) is 0 Å². The number of nitrogens with zero attached hydrogens (tertiary/aromatic N) is 2. The molecule has 1 aromatic heterocycles. The van der Waals surface area contributed by atoms with E-state index in [-0.39, 0.29) is 0 Å². The Morgan fingerprint density at radius 1 is 1.22 bits per heavy atom. The second-order valence-electron chi connectivity index (χ2n) is 5.57. The van der Waals surface area contributed by atoms with Gasteiger partial charge >= 0.3 is 0 Å². The van der Waals surface area contributed by atoms with Crippen LogP contribution < -0.4 is 0 Å². The molecule has 0 unspecified atom stereocenters. The van der Waals surface area contributed by atoms with Crippen LogP contribution in [0.5, 0.6) is 0 Å². The highest BCUT2D eigenvalue weighted by molar-refractivity contribution is 5.80. The van der Waals surface area contributed by atoms with Gasteiger partial charge in [0.2, 0.25) is 0 Å². The smallest absolute Gasteiger partial charge is 0.0688 e. The van der Waals surface area contributed by atoms with Crippen molar-refractivity contribution >= 4 is 10.9 Å². The van der Waals surface area contributed by atoms with Crippen molar-refractivity contribution in [1.29, 1.82) is 0 Å². The zero-order valence-corrected chi connectivity index (χ0v) is 11.4. The van der Waals surface area contributed by atoms with Crippen molar-refractivity contribution in [3.05, 3.63) is 29.5 Å². The van der Waals surface area contributed by atoms with E-state index in [1.807, 2.05) is 6.20 Å². The van der Waals surface area contributed by atoms with Gasteiger partial charge in [-0.3, -0.25) is 4.68 Å². The van der Waals surface area contributed by atoms with Gasteiger partial charge in [-0.1, -0.05) is 26.2 Å². The van der Waals surface area contributed by atoms with Gasteiger partial charge in [-0.2, -0.15) is 5.10 Å². The summed E-state index contributed by atoms with van der Waals surface area (Å²) in [5.74, 6) is 0. The van der Waals surface area contributed by atoms with Crippen molar-refractivity contribution in [2.75, 3.05) is 0 Å². The molecule has 0 saturated heterocycles. The number of hydrogen-bond donors (Lipinski definition) is 0. The zero-order chi connectivity index (χ0) is 12.5. The third-order valence-electron chi connectivity index (χ3n) is 4.35. The van der Waals surface area contributed by atoms with Crippen LogP contribution in [0.3, 0.4) is 0 Å². The second kappa shape index (κ2) is 4.75. The summed E-state index contributed by atoms with van der Waals surface area (Å²) in [6.45, 7) is 4.44. The van der Waals surface area contributed by atoms with Crippen molar-refractivity contribution in [2.24, 2.45) is 0 Å². The van der Waals surface area contributed by atoms with Crippen molar-refractivity contribution in [3.8, 4) is 0 Å². The van der Waals surface area contributed by atoms with Gasteiger partial charge in [0.1, 0.15) is 0 Å². The van der Waals surface area contributed by atoms with Gasteiger partial charge in [0.05, 0.1) is 17.8 Å². The predicted molar refractivity (Wildman–Crippen MR) is 76.0 cm³/mol. The summed E-state index contributed by atoms with van der Waals surface area (Å²) < 4.78 is 2.28. The minimum atomic E-state index is 0.628. The normalized spacial score (nSPS) is 17.4. The van der Waals surface area contributed by atoms with Crippen LogP contribution >= 0.6 is 0 Å². The molecular formula is C16H22N2. The maximum atomic E-state index is 4.65. The minimum absolute atomic E-state index is 0.628. The van der Waals surface area contributed by atoms with Crippen LogP contribution in [0.2, 0.25) is 0 Å². The molecule has 96 valence electrons. The Hall–Kier alpha value is -1.31. The quantitative estimate of drug-likeness (QED) is 0.762. The molecule has 2 heteroatoms. The third kappa shape index (κ3) is 1.94. The van der Waals surface area contributed by atoms with E-state index < -0.39 is 0 Å². The van der Waals surface area contributed by atoms with Gasteiger partial charge in [0, 0.05) is 5.39 Å². The van der Waals surface area contributed by atoms with E-state index in [0.29, 0.717) is 6.04 Å². The molecule has 3 rings (SSSR count). The largest absolute Gasteiger partial charge is 0.262 e. The minimum Gasteiger partial charge on any atom is -0.262 e. The topological polar surface area (TPSA) is 17.8 Å². The van der Waals surface area contributed by atoms with Crippen molar-refractivity contribution in [3.63, 3.8) is 0 Å². The van der Waals surface area contributed by atoms with Crippen molar-refractivity contribution in [1.82, 2.24) is 9.78 Å². The number of fused-ring (bicyclic) bond motifs is 1. The Balaban J connectivity index is 2.06. The van der Waals surface area contributed by atoms with Crippen LogP contribution in [-0.2, 0) is 6.42 Å². The molecule has 0 N–H and O–H groups in total. The van der Waals surface area contributed by atoms with Crippen LogP contribution in [0.1, 0.15) is 56.2 Å². The van der Waals surface area contributed by atoms with Crippen molar-refractivity contribution in [2.45, 2.75) is 58.4 Å². The van der Waals surface area contributed by atoms with Crippen LogP contribution in [0.4, 0.5) is 0 Å². The molecule has 18 heavy (non-hydrogen) atoms. The first-order chi connectivity index (χ1) is 8.79. The fraction of sp³-hybridized carbons (Fsp3) is 0.562. The average Bonchev–Trinajstić information content (AvgIpc) is 2.81. The van der Waals surface area contributed by atoms with E-state index in [9.17, 15) is 0 Å². The number of benzene rings is 1. The van der Waals surface area contributed by atoms with Crippen LogP contribution in [0.25, 0.3) is 10.9 Å². The van der Waals surface area contributed by atoms with Gasteiger partial charge in [-0.15, -0.1) is 0 Å². The lowest BCUT2D eigenvalue weighted by Crippen LogP contribution is -2.13. The molecule has 0 spiro atoms. The summed E-state index contributed by atoms with van der Waals surface area (Å²) in [5, 5.41) is 5.95. The molecule has 1 aliphatic rings. The predicted octanol–water partition coefficient (Wildman–Crippen LogP) is 4.41. The molecular weight excluding hydrogens is 220 g/mol. The summed E-state index contributed by atoms with van der Waals surface area (Å²) in [6.07, 6.45) is 9.86. The van der Waals surface area contributed by atoms with E-state index in [4.69, 9.17) is 0 Å². The fourth-order valence-corrected chi connectivity index (χ4v) is 3.25. The lowest BCUT2D eigenvalue weighted by Gasteiger charge is -2.23. The lowest BCUT2D eigenvalue weighted by atomic mass is 9.95. The highest BCUT2D eigenvalue weighted by Gasteiger charge is 2.18. The monoisotopic (exact) mass is 242 g/mol. The lowest BCUT2D eigenvalue weighted by molar-refractivity contribution is 0.337. The van der Waals surface area contributed by atoms with Crippen molar-refractivity contribution < 1.29 is 0 Å². The van der Waals surface area contributed by atoms with Crippen LogP contribution in [-0.4, -0.2) is 9.78 Å². The summed E-state index contributed by atoms with van der Waals surface area (Å²) in [4.78, 5) is 0. The summed E-state index contributed by atoms with van der Waals surface area (Å²) in [7, 11) is 0. The zero-order valence-electron chi connectivity index (χ0n) is 11.4. The fourth-order valence-electron chi connectivity index (χ4n) is 3.25. The number of rotatable bonds is 2. The molecule has 0 aliphatic heterocycles. The maximum absolute atomic E-state index is 4.65. The first-order valence-corrected chi connectivity index (χ1v) is 7.26. The highest BCUT2D eigenvalue weighted by atomic mass is 15.3. The Labute approximate surface area is 109 Å². The molecule has 1 aromatic carbocycles. The molecule has 0 atom stereocenters. The molecule has 2 aromatic rings. The number of hydrogen-bond acceptors (Lipinski definition) is 1. The van der Waals surface area contributed by atoms with Crippen LogP contribution in [0.15, 0.2) is 18.3 Å². The number of aryl methyl sites for hydroxylation is 2. The molecule has 2 nitrogen and oxygen atoms in total. The van der Waals surface area contributed by atoms with Gasteiger partial charge < -0.3 is 0 Å². The number of aromatic nitrogens is 2. The second-order valence-corrected chi connectivity index (χ2v) is 5.57. The summed E-state index contributed by atoms with van der Waals surface area (Å²) >= 11 is 0. The molecule has 1 heterocycles. The molecule has 0 amide bonds. The molecule has 1 aliphatic carbocycles. The summed E-state index contributed by atoms with van der Waals surface area (Å²) in [6, 6.07) is 5.27. The molecule has 1 saturated carbocycles. The first-order valence-electron chi connectivity index (χ1n) is 7.26. The van der Waals surface area contributed by atoms with E-state index in [1.54, 1.807) is 0 Å². The average molecular weight is 242 g/mol. The van der Waals surface area contributed by atoms with E-state index in [2.05, 4.69) is 35.8 Å². The molecule has 0 bridgehead atoms. The van der Waals surface area contributed by atoms with Gasteiger partial charge in [-0.05, 0) is 49.4 Å². The first kappa shape index (κ1) is 11.8. The highest BCUT2D eigenvalue weighted by Crippen LogP contribution is 2.31. The van der Waals surface area contributed by atoms with E-state index in [0.717, 1.165) is 6.42 Å². The van der Waals surface area contributed by atoms with Crippen LogP contribution in [0, 0.1) is 6.92 Å². The SMILES string of the molecule is CCc1cc2c(cnn2C2CCCCC2)cc1C. The summed E-state index contributed by atoms with van der Waals surface area (Å²) in [5.41, 5.74) is 4.19. The Morgan fingerprint density at radius 3 is 2.72 bits per heavy atom. The van der Waals surface area contributed by atoms with E-state index in [1.165, 1.54) is 54.1 Å². The van der Waals surface area contributed by atoms with E-state index >= 15 is 0 Å². The standard InChI is InChI=1S/C16H22N2/c1-3-13-10-16-14(9-12(13)2)11-17-18(16)15-7-5-4-6-8-15/h9-11,15H,3-8H2,1-2H3. The van der Waals surface area contributed by atoms with Gasteiger partial charge in [0.25, 0.3) is 0 Å².